The van der Waals surface area contributed by atoms with Gasteiger partial charge < -0.3 is 19.7 Å². The van der Waals surface area contributed by atoms with Crippen LogP contribution in [0.2, 0.25) is 0 Å². The van der Waals surface area contributed by atoms with Crippen molar-refractivity contribution < 1.29 is 19.1 Å². The molecule has 33 heavy (non-hydrogen) atoms. The highest BCUT2D eigenvalue weighted by molar-refractivity contribution is 5.89. The maximum absolute atomic E-state index is 12.6. The number of ether oxygens (including phenoxy) is 2. The highest BCUT2D eigenvalue weighted by atomic mass is 16.6. The normalized spacial score (nSPS) is 25.1. The molecule has 0 radical (unpaired) electrons. The molecular weight excluding hydrogens is 418 g/mol. The molecule has 2 atom stereocenters. The monoisotopic (exact) mass is 451 g/mol. The largest absolute Gasteiger partial charge is 0.490 e. The van der Waals surface area contributed by atoms with E-state index in [0.717, 1.165) is 31.4 Å². The van der Waals surface area contributed by atoms with Crippen LogP contribution in [0, 0.1) is 23.7 Å². The van der Waals surface area contributed by atoms with E-state index in [9.17, 15) is 14.9 Å². The maximum atomic E-state index is 12.6. The summed E-state index contributed by atoms with van der Waals surface area (Å²) in [4.78, 5) is 26.3. The molecule has 1 aliphatic carbocycles. The van der Waals surface area contributed by atoms with Crippen molar-refractivity contribution in [2.24, 2.45) is 0 Å². The van der Waals surface area contributed by atoms with Crippen LogP contribution in [0.4, 0.5) is 0 Å². The van der Waals surface area contributed by atoms with Crippen LogP contribution in [-0.4, -0.2) is 53.2 Å². The van der Waals surface area contributed by atoms with Gasteiger partial charge in [-0.05, 0) is 83.6 Å². The van der Waals surface area contributed by atoms with Gasteiger partial charge in [0.2, 0.25) is 5.91 Å². The standard InChI is InChI=1S/C26H33N3O4/c1-5-20-10-11-21(16-27)29(20)24(30)17-28-19-8-14-23(15-9-19)32-22-12-6-18(7-13-22)25(31)33-26(2,3)4/h1,6-7,12-13,19-21,23,28H,8-11,14-15,17H2,2-4H3. The van der Waals surface area contributed by atoms with Crippen molar-refractivity contribution in [3.05, 3.63) is 29.8 Å². The minimum atomic E-state index is -0.529. The fourth-order valence-corrected chi connectivity index (χ4v) is 4.36. The van der Waals surface area contributed by atoms with Crippen molar-refractivity contribution >= 4 is 11.9 Å². The molecule has 2 unspecified atom stereocenters. The summed E-state index contributed by atoms with van der Waals surface area (Å²) in [5.41, 5.74) is -0.0306. The van der Waals surface area contributed by atoms with E-state index in [2.05, 4.69) is 17.3 Å². The predicted octanol–water partition coefficient (Wildman–Crippen LogP) is 3.44. The highest BCUT2D eigenvalue weighted by Gasteiger charge is 2.36. The summed E-state index contributed by atoms with van der Waals surface area (Å²) >= 11 is 0. The number of likely N-dealkylation sites (tertiary alicyclic amines) is 1. The Kier molecular flexibility index (Phi) is 8.00. The second kappa shape index (κ2) is 10.7. The second-order valence-electron chi connectivity index (χ2n) is 9.70. The van der Waals surface area contributed by atoms with Gasteiger partial charge in [0, 0.05) is 6.04 Å². The lowest BCUT2D eigenvalue weighted by molar-refractivity contribution is -0.131. The van der Waals surface area contributed by atoms with E-state index in [0.29, 0.717) is 18.4 Å². The molecule has 176 valence electrons. The number of hydrogen-bond donors (Lipinski definition) is 1. The van der Waals surface area contributed by atoms with Gasteiger partial charge in [0.15, 0.2) is 0 Å². The first-order valence-electron chi connectivity index (χ1n) is 11.6. The number of nitrogens with one attached hydrogen (secondary N) is 1. The van der Waals surface area contributed by atoms with Gasteiger partial charge in [0.1, 0.15) is 17.4 Å². The van der Waals surface area contributed by atoms with Crippen LogP contribution in [0.5, 0.6) is 5.75 Å². The van der Waals surface area contributed by atoms with Gasteiger partial charge in [-0.1, -0.05) is 5.92 Å². The zero-order valence-electron chi connectivity index (χ0n) is 19.7. The van der Waals surface area contributed by atoms with Crippen molar-refractivity contribution in [2.45, 2.75) is 89.1 Å². The van der Waals surface area contributed by atoms with E-state index in [1.807, 2.05) is 20.8 Å². The molecule has 7 heteroatoms. The summed E-state index contributed by atoms with van der Waals surface area (Å²) in [5.74, 6) is 2.90. The molecule has 1 aromatic carbocycles. The number of nitrogens with zero attached hydrogens (tertiary/aromatic N) is 2. The Hall–Kier alpha value is -3.03. The Bertz CT molecular complexity index is 893. The molecule has 2 fully saturated rings. The summed E-state index contributed by atoms with van der Waals surface area (Å²) in [5, 5.41) is 12.6. The number of carbonyl (C=O) groups excluding carboxylic acids is 2. The first kappa shape index (κ1) is 24.6. The number of rotatable bonds is 6. The molecule has 0 aromatic heterocycles. The Morgan fingerprint density at radius 1 is 1.09 bits per heavy atom. The van der Waals surface area contributed by atoms with E-state index in [1.165, 1.54) is 0 Å². The third-order valence-corrected chi connectivity index (χ3v) is 6.02. The molecule has 1 N–H and O–H groups in total. The van der Waals surface area contributed by atoms with Crippen LogP contribution in [-0.2, 0) is 9.53 Å². The minimum absolute atomic E-state index is 0.0958. The average Bonchev–Trinajstić information content (AvgIpc) is 3.21. The number of terminal acetylenes is 1. The van der Waals surface area contributed by atoms with Crippen molar-refractivity contribution in [3.63, 3.8) is 0 Å². The van der Waals surface area contributed by atoms with E-state index in [1.54, 1.807) is 29.2 Å². The number of nitriles is 1. The van der Waals surface area contributed by atoms with E-state index < -0.39 is 11.6 Å². The van der Waals surface area contributed by atoms with Gasteiger partial charge in [-0.25, -0.2) is 4.79 Å². The van der Waals surface area contributed by atoms with Crippen LogP contribution in [0.1, 0.15) is 69.7 Å². The summed E-state index contributed by atoms with van der Waals surface area (Å²) in [6, 6.07) is 8.75. The Morgan fingerprint density at radius 2 is 1.73 bits per heavy atom. The molecule has 1 aromatic rings. The number of benzene rings is 1. The number of esters is 1. The highest BCUT2D eigenvalue weighted by Crippen LogP contribution is 2.26. The summed E-state index contributed by atoms with van der Waals surface area (Å²) in [7, 11) is 0. The van der Waals surface area contributed by atoms with Crippen LogP contribution >= 0.6 is 0 Å². The topological polar surface area (TPSA) is 91.7 Å². The van der Waals surface area contributed by atoms with Gasteiger partial charge >= 0.3 is 5.97 Å². The zero-order valence-corrected chi connectivity index (χ0v) is 19.7. The van der Waals surface area contributed by atoms with Gasteiger partial charge in [-0.3, -0.25) is 4.79 Å². The molecule has 2 aliphatic rings. The van der Waals surface area contributed by atoms with Gasteiger partial charge in [-0.2, -0.15) is 5.26 Å². The molecule has 1 amide bonds. The summed E-state index contributed by atoms with van der Waals surface area (Å²) in [6.07, 6.45) is 10.5. The number of amides is 1. The first-order chi connectivity index (χ1) is 15.7. The zero-order chi connectivity index (χ0) is 24.0. The summed E-state index contributed by atoms with van der Waals surface area (Å²) in [6.45, 7) is 5.71. The third kappa shape index (κ3) is 6.73. The maximum Gasteiger partial charge on any atom is 0.338 e. The Balaban J connectivity index is 1.42. The smallest absolute Gasteiger partial charge is 0.338 e. The molecule has 0 bridgehead atoms. The van der Waals surface area contributed by atoms with E-state index in [4.69, 9.17) is 15.9 Å². The van der Waals surface area contributed by atoms with Crippen LogP contribution < -0.4 is 10.1 Å². The lowest BCUT2D eigenvalue weighted by Gasteiger charge is -2.30. The Morgan fingerprint density at radius 3 is 2.30 bits per heavy atom. The number of hydrogen-bond acceptors (Lipinski definition) is 6. The SMILES string of the molecule is C#CC1CCC(C#N)N1C(=O)CNC1CCC(Oc2ccc(C(=O)OC(C)(C)C)cc2)CC1. The van der Waals surface area contributed by atoms with Crippen LogP contribution in [0.25, 0.3) is 0 Å². The van der Waals surface area contributed by atoms with Crippen molar-refractivity contribution in [1.29, 1.82) is 5.26 Å². The van der Waals surface area contributed by atoms with Crippen molar-refractivity contribution in [1.82, 2.24) is 10.2 Å². The predicted molar refractivity (Wildman–Crippen MR) is 124 cm³/mol. The lowest BCUT2D eigenvalue weighted by atomic mass is 9.93. The van der Waals surface area contributed by atoms with Gasteiger partial charge in [-0.15, -0.1) is 6.42 Å². The second-order valence-corrected chi connectivity index (χ2v) is 9.70. The van der Waals surface area contributed by atoms with Crippen LogP contribution in [0.3, 0.4) is 0 Å². The van der Waals surface area contributed by atoms with Gasteiger partial charge in [0.05, 0.1) is 30.3 Å². The minimum Gasteiger partial charge on any atom is -0.490 e. The molecule has 1 saturated carbocycles. The third-order valence-electron chi connectivity index (χ3n) is 6.02. The van der Waals surface area contributed by atoms with Crippen molar-refractivity contribution in [2.75, 3.05) is 6.54 Å². The molecule has 1 saturated heterocycles. The molecule has 3 rings (SSSR count). The molecule has 7 nitrogen and oxygen atoms in total. The van der Waals surface area contributed by atoms with E-state index in [-0.39, 0.29) is 36.6 Å². The molecule has 1 heterocycles. The summed E-state index contributed by atoms with van der Waals surface area (Å²) < 4.78 is 11.5. The fourth-order valence-electron chi connectivity index (χ4n) is 4.36. The lowest BCUT2D eigenvalue weighted by Crippen LogP contribution is -2.47. The van der Waals surface area contributed by atoms with Crippen molar-refractivity contribution in [3.8, 4) is 24.2 Å². The molecule has 1 aliphatic heterocycles. The van der Waals surface area contributed by atoms with E-state index >= 15 is 0 Å². The van der Waals surface area contributed by atoms with Crippen LogP contribution in [0.15, 0.2) is 24.3 Å². The number of carbonyl (C=O) groups is 2. The first-order valence-corrected chi connectivity index (χ1v) is 11.6. The average molecular weight is 452 g/mol. The molecular formula is C26H33N3O4. The fraction of sp³-hybridized carbons (Fsp3) is 0.577. The quantitative estimate of drug-likeness (QED) is 0.526. The Labute approximate surface area is 196 Å². The van der Waals surface area contributed by atoms with Gasteiger partial charge in [0.25, 0.3) is 0 Å². The molecule has 0 spiro atoms.